The SMILES string of the molecule is O=C(c1ccoc1)C1Cc2sccc2C1=O. The lowest BCUT2D eigenvalue weighted by molar-refractivity contribution is 0.0822. The van der Waals surface area contributed by atoms with Gasteiger partial charge < -0.3 is 4.42 Å². The third kappa shape index (κ3) is 1.27. The van der Waals surface area contributed by atoms with Crippen LogP contribution in [0.25, 0.3) is 0 Å². The minimum Gasteiger partial charge on any atom is -0.472 e. The van der Waals surface area contributed by atoms with Crippen LogP contribution in [0.15, 0.2) is 34.5 Å². The van der Waals surface area contributed by atoms with Crippen LogP contribution in [0.5, 0.6) is 0 Å². The zero-order valence-corrected chi connectivity index (χ0v) is 9.12. The molecule has 2 aromatic rings. The Hall–Kier alpha value is -1.68. The van der Waals surface area contributed by atoms with Crippen LogP contribution in [0, 0.1) is 5.92 Å². The predicted molar refractivity (Wildman–Crippen MR) is 58.9 cm³/mol. The van der Waals surface area contributed by atoms with Crippen LogP contribution >= 0.6 is 11.3 Å². The Morgan fingerprint density at radius 1 is 1.44 bits per heavy atom. The number of rotatable bonds is 2. The molecule has 0 N–H and O–H groups in total. The molecule has 0 saturated heterocycles. The summed E-state index contributed by atoms with van der Waals surface area (Å²) in [6, 6.07) is 3.40. The molecule has 0 radical (unpaired) electrons. The summed E-state index contributed by atoms with van der Waals surface area (Å²) >= 11 is 1.54. The molecule has 1 unspecified atom stereocenters. The van der Waals surface area contributed by atoms with E-state index in [1.165, 1.54) is 23.9 Å². The molecule has 0 fully saturated rings. The summed E-state index contributed by atoms with van der Waals surface area (Å²) in [4.78, 5) is 25.0. The van der Waals surface area contributed by atoms with Gasteiger partial charge in [-0.2, -0.15) is 0 Å². The largest absolute Gasteiger partial charge is 0.472 e. The minimum absolute atomic E-state index is 0.0533. The third-order valence-corrected chi connectivity index (χ3v) is 3.78. The molecule has 1 atom stereocenters. The van der Waals surface area contributed by atoms with E-state index in [-0.39, 0.29) is 11.6 Å². The summed E-state index contributed by atoms with van der Waals surface area (Å²) in [5.74, 6) is -0.732. The molecule has 4 heteroatoms. The maximum absolute atomic E-state index is 12.0. The van der Waals surface area contributed by atoms with Gasteiger partial charge in [-0.25, -0.2) is 0 Å². The summed E-state index contributed by atoms with van der Waals surface area (Å²) in [7, 11) is 0. The van der Waals surface area contributed by atoms with Gasteiger partial charge in [-0.15, -0.1) is 11.3 Å². The van der Waals surface area contributed by atoms with Crippen molar-refractivity contribution >= 4 is 22.9 Å². The van der Waals surface area contributed by atoms with Crippen LogP contribution < -0.4 is 0 Å². The zero-order valence-electron chi connectivity index (χ0n) is 8.30. The van der Waals surface area contributed by atoms with Crippen LogP contribution in [0.3, 0.4) is 0 Å². The van der Waals surface area contributed by atoms with Gasteiger partial charge in [-0.3, -0.25) is 9.59 Å². The number of carbonyl (C=O) groups excluding carboxylic acids is 2. The number of furan rings is 1. The first-order valence-corrected chi connectivity index (χ1v) is 5.82. The van der Waals surface area contributed by atoms with Crippen molar-refractivity contribution < 1.29 is 14.0 Å². The monoisotopic (exact) mass is 232 g/mol. The maximum atomic E-state index is 12.0. The topological polar surface area (TPSA) is 47.3 Å². The normalized spacial score (nSPS) is 18.8. The van der Waals surface area contributed by atoms with Gasteiger partial charge in [0.1, 0.15) is 6.26 Å². The predicted octanol–water partition coefficient (Wildman–Crippen LogP) is 2.58. The first-order chi connectivity index (χ1) is 7.77. The number of hydrogen-bond donors (Lipinski definition) is 0. The Morgan fingerprint density at radius 2 is 2.31 bits per heavy atom. The number of carbonyl (C=O) groups is 2. The fourth-order valence-electron chi connectivity index (χ4n) is 2.00. The molecule has 0 aromatic carbocycles. The van der Waals surface area contributed by atoms with E-state index in [1.54, 1.807) is 12.1 Å². The molecule has 0 spiro atoms. The Labute approximate surface area is 95.7 Å². The van der Waals surface area contributed by atoms with E-state index < -0.39 is 5.92 Å². The lowest BCUT2D eigenvalue weighted by atomic mass is 9.96. The highest BCUT2D eigenvalue weighted by atomic mass is 32.1. The van der Waals surface area contributed by atoms with Gasteiger partial charge in [0, 0.05) is 10.4 Å². The van der Waals surface area contributed by atoms with Gasteiger partial charge in [-0.05, 0) is 23.9 Å². The van der Waals surface area contributed by atoms with E-state index in [9.17, 15) is 9.59 Å². The van der Waals surface area contributed by atoms with Gasteiger partial charge in [0.25, 0.3) is 0 Å². The van der Waals surface area contributed by atoms with Crippen LogP contribution in [-0.2, 0) is 6.42 Å². The van der Waals surface area contributed by atoms with Crippen LogP contribution in [0.1, 0.15) is 25.6 Å². The highest BCUT2D eigenvalue weighted by molar-refractivity contribution is 7.10. The van der Waals surface area contributed by atoms with Crippen molar-refractivity contribution in [3.8, 4) is 0 Å². The Balaban J connectivity index is 1.92. The number of Topliss-reactive ketones (excluding diaryl/α,β-unsaturated/α-hetero) is 2. The van der Waals surface area contributed by atoms with Crippen molar-refractivity contribution in [2.45, 2.75) is 6.42 Å². The van der Waals surface area contributed by atoms with Crippen LogP contribution in [0.4, 0.5) is 0 Å². The Kier molecular flexibility index (Phi) is 2.04. The van der Waals surface area contributed by atoms with E-state index in [2.05, 4.69) is 0 Å². The molecule has 0 amide bonds. The number of hydrogen-bond acceptors (Lipinski definition) is 4. The van der Waals surface area contributed by atoms with E-state index in [0.29, 0.717) is 17.5 Å². The van der Waals surface area contributed by atoms with E-state index in [4.69, 9.17) is 4.42 Å². The molecule has 0 aliphatic heterocycles. The molecule has 3 rings (SSSR count). The van der Waals surface area contributed by atoms with Crippen LogP contribution in [-0.4, -0.2) is 11.6 Å². The maximum Gasteiger partial charge on any atom is 0.177 e. The van der Waals surface area contributed by atoms with Gasteiger partial charge >= 0.3 is 0 Å². The average molecular weight is 232 g/mol. The van der Waals surface area contributed by atoms with Gasteiger partial charge in [0.15, 0.2) is 11.6 Å². The molecule has 16 heavy (non-hydrogen) atoms. The second kappa shape index (κ2) is 3.42. The summed E-state index contributed by atoms with van der Waals surface area (Å²) in [5.41, 5.74) is 1.19. The van der Waals surface area contributed by atoms with Gasteiger partial charge in [-0.1, -0.05) is 0 Å². The molecule has 2 aromatic heterocycles. The number of ketones is 2. The van der Waals surface area contributed by atoms with E-state index in [1.807, 2.05) is 5.38 Å². The van der Waals surface area contributed by atoms with E-state index >= 15 is 0 Å². The lowest BCUT2D eigenvalue weighted by Gasteiger charge is -2.03. The molecule has 1 aliphatic carbocycles. The van der Waals surface area contributed by atoms with Crippen molar-refractivity contribution in [3.63, 3.8) is 0 Å². The molecule has 80 valence electrons. The fourth-order valence-corrected chi connectivity index (χ4v) is 2.93. The third-order valence-electron chi connectivity index (χ3n) is 2.84. The second-order valence-electron chi connectivity index (χ2n) is 3.75. The molecule has 2 heterocycles. The summed E-state index contributed by atoms with van der Waals surface area (Å²) < 4.78 is 4.86. The Morgan fingerprint density at radius 3 is 3.00 bits per heavy atom. The van der Waals surface area contributed by atoms with Crippen molar-refractivity contribution in [1.82, 2.24) is 0 Å². The number of fused-ring (bicyclic) bond motifs is 1. The molecule has 3 nitrogen and oxygen atoms in total. The highest BCUT2D eigenvalue weighted by Crippen LogP contribution is 2.32. The van der Waals surface area contributed by atoms with E-state index in [0.717, 1.165) is 4.88 Å². The van der Waals surface area contributed by atoms with Gasteiger partial charge in [0.2, 0.25) is 0 Å². The zero-order chi connectivity index (χ0) is 11.1. The van der Waals surface area contributed by atoms with Crippen LogP contribution in [0.2, 0.25) is 0 Å². The smallest absolute Gasteiger partial charge is 0.177 e. The van der Waals surface area contributed by atoms with Crippen molar-refractivity contribution in [1.29, 1.82) is 0 Å². The molecule has 0 saturated carbocycles. The van der Waals surface area contributed by atoms with Gasteiger partial charge in [0.05, 0.1) is 17.7 Å². The molecular formula is C12H8O3S. The fraction of sp³-hybridized carbons (Fsp3) is 0.167. The first-order valence-electron chi connectivity index (χ1n) is 4.94. The van der Waals surface area contributed by atoms with Crippen molar-refractivity contribution in [3.05, 3.63) is 46.0 Å². The Bertz CT molecular complexity index is 551. The summed E-state index contributed by atoms with van der Waals surface area (Å²) in [6.07, 6.45) is 3.38. The second-order valence-corrected chi connectivity index (χ2v) is 4.76. The quantitative estimate of drug-likeness (QED) is 0.590. The highest BCUT2D eigenvalue weighted by Gasteiger charge is 2.37. The summed E-state index contributed by atoms with van der Waals surface area (Å²) in [6.45, 7) is 0. The van der Waals surface area contributed by atoms with Crippen molar-refractivity contribution in [2.24, 2.45) is 5.92 Å². The summed E-state index contributed by atoms with van der Waals surface area (Å²) in [5, 5.41) is 1.89. The minimum atomic E-state index is -0.542. The van der Waals surface area contributed by atoms with Crippen molar-refractivity contribution in [2.75, 3.05) is 0 Å². The first kappa shape index (κ1) is 9.54. The standard InChI is InChI=1S/C12H8O3S/c13-11(7-1-3-15-6-7)9-5-10-8(12(9)14)2-4-16-10/h1-4,6,9H,5H2. The molecular weight excluding hydrogens is 224 g/mol. The lowest BCUT2D eigenvalue weighted by Crippen LogP contribution is -2.20. The molecule has 0 bridgehead atoms. The molecule has 1 aliphatic rings. The average Bonchev–Trinajstić information content (AvgIpc) is 2.95. The number of thiophene rings is 1.